The van der Waals surface area contributed by atoms with Crippen molar-refractivity contribution in [3.8, 4) is 28.8 Å². The van der Waals surface area contributed by atoms with Gasteiger partial charge in [0.2, 0.25) is 11.8 Å². The number of ether oxygens (including phenoxy) is 3. The molecule has 204 valence electrons. The van der Waals surface area contributed by atoms with Gasteiger partial charge in [-0.15, -0.1) is 0 Å². The Morgan fingerprint density at radius 3 is 2.44 bits per heavy atom. The van der Waals surface area contributed by atoms with Gasteiger partial charge in [0.1, 0.15) is 17.2 Å². The van der Waals surface area contributed by atoms with Crippen molar-refractivity contribution in [2.24, 2.45) is 0 Å². The van der Waals surface area contributed by atoms with E-state index in [1.165, 1.54) is 26.1 Å². The van der Waals surface area contributed by atoms with E-state index in [2.05, 4.69) is 15.0 Å². The van der Waals surface area contributed by atoms with Crippen LogP contribution in [0, 0.1) is 25.5 Å². The fourth-order valence-corrected chi connectivity index (χ4v) is 4.47. The smallest absolute Gasteiger partial charge is 0.418 e. The lowest BCUT2D eigenvalue weighted by molar-refractivity contribution is -0.138. The van der Waals surface area contributed by atoms with Crippen molar-refractivity contribution >= 4 is 10.9 Å². The van der Waals surface area contributed by atoms with Gasteiger partial charge in [-0.3, -0.25) is 4.79 Å². The molecule has 1 aliphatic rings. The molecule has 1 aromatic carbocycles. The quantitative estimate of drug-likeness (QED) is 0.288. The molecule has 5 rings (SSSR count). The van der Waals surface area contributed by atoms with Crippen LogP contribution in [-0.4, -0.2) is 34.3 Å². The number of hydrogen-bond acceptors (Lipinski definition) is 6. The molecule has 1 N–H and O–H groups in total. The van der Waals surface area contributed by atoms with Gasteiger partial charge in [-0.2, -0.15) is 13.2 Å². The molecule has 3 heterocycles. The summed E-state index contributed by atoms with van der Waals surface area (Å²) in [5.74, 6) is -2.68. The van der Waals surface area contributed by atoms with Gasteiger partial charge in [-0.25, -0.2) is 18.7 Å². The average molecular weight is 547 g/mol. The Hall–Kier alpha value is -4.06. The molecule has 1 fully saturated rings. The largest absolute Gasteiger partial charge is 0.474 e. The highest BCUT2D eigenvalue weighted by molar-refractivity contribution is 5.86. The van der Waals surface area contributed by atoms with Crippen LogP contribution in [-0.2, 0) is 10.9 Å². The molecule has 39 heavy (non-hydrogen) atoms. The topological polar surface area (TPSA) is 86.3 Å². The van der Waals surface area contributed by atoms with Crippen molar-refractivity contribution in [1.82, 2.24) is 15.0 Å². The van der Waals surface area contributed by atoms with E-state index in [0.717, 1.165) is 18.2 Å². The number of hydrogen-bond donors (Lipinski definition) is 1. The third-order valence-electron chi connectivity index (χ3n) is 6.75. The highest BCUT2D eigenvalue weighted by atomic mass is 19.4. The molecule has 3 aromatic heterocycles. The van der Waals surface area contributed by atoms with E-state index >= 15 is 0 Å². The molecule has 0 spiro atoms. The van der Waals surface area contributed by atoms with Gasteiger partial charge < -0.3 is 19.2 Å². The van der Waals surface area contributed by atoms with E-state index in [4.69, 9.17) is 14.2 Å². The van der Waals surface area contributed by atoms with Crippen LogP contribution in [0.1, 0.15) is 29.5 Å². The number of pyridine rings is 3. The summed E-state index contributed by atoms with van der Waals surface area (Å²) in [6.45, 7) is 2.46. The van der Waals surface area contributed by atoms with Crippen molar-refractivity contribution < 1.29 is 36.2 Å². The van der Waals surface area contributed by atoms with Crippen molar-refractivity contribution in [2.45, 2.75) is 45.1 Å². The zero-order chi connectivity index (χ0) is 28.1. The number of nitrogens with one attached hydrogen (secondary N) is 1. The van der Waals surface area contributed by atoms with Crippen LogP contribution >= 0.6 is 0 Å². The Balaban J connectivity index is 1.64. The summed E-state index contributed by atoms with van der Waals surface area (Å²) in [5.41, 5.74) is -2.04. The van der Waals surface area contributed by atoms with Gasteiger partial charge in [0, 0.05) is 44.0 Å². The SMILES string of the molecule is COC1CC(Oc2nccc3[nH]c(-c4c(Oc5ccc(F)c(F)c5C)ncc(C(F)(F)F)c4C)cc(=O)c23)C1. The first-order valence-corrected chi connectivity index (χ1v) is 11.9. The minimum absolute atomic E-state index is 0.0286. The molecular formula is C27H22F5N3O4. The number of H-pyrrole nitrogens is 1. The monoisotopic (exact) mass is 547 g/mol. The fraction of sp³-hybridized carbons (Fsp3) is 0.296. The molecule has 0 bridgehead atoms. The second kappa shape index (κ2) is 9.92. The van der Waals surface area contributed by atoms with E-state index in [9.17, 15) is 26.7 Å². The maximum absolute atomic E-state index is 14.1. The first-order valence-electron chi connectivity index (χ1n) is 11.9. The maximum atomic E-state index is 14.1. The van der Waals surface area contributed by atoms with Crippen molar-refractivity contribution in [2.75, 3.05) is 7.11 Å². The number of rotatable bonds is 6. The van der Waals surface area contributed by atoms with E-state index in [0.29, 0.717) is 19.0 Å². The Kier molecular flexibility index (Phi) is 6.75. The van der Waals surface area contributed by atoms with Crippen LogP contribution in [0.5, 0.6) is 17.5 Å². The van der Waals surface area contributed by atoms with E-state index < -0.39 is 28.8 Å². The van der Waals surface area contributed by atoms with Crippen LogP contribution < -0.4 is 14.9 Å². The first-order chi connectivity index (χ1) is 18.5. The average Bonchev–Trinajstić information content (AvgIpc) is 2.85. The number of aromatic nitrogens is 3. The summed E-state index contributed by atoms with van der Waals surface area (Å²) >= 11 is 0. The lowest BCUT2D eigenvalue weighted by Crippen LogP contribution is -2.39. The molecule has 0 radical (unpaired) electrons. The van der Waals surface area contributed by atoms with Crippen LogP contribution in [0.15, 0.2) is 41.5 Å². The summed E-state index contributed by atoms with van der Waals surface area (Å²) in [6, 6.07) is 4.56. The molecule has 1 saturated carbocycles. The molecule has 0 atom stereocenters. The van der Waals surface area contributed by atoms with E-state index in [1.54, 1.807) is 7.11 Å². The summed E-state index contributed by atoms with van der Waals surface area (Å²) in [5, 5.41) is 0.124. The van der Waals surface area contributed by atoms with E-state index in [-0.39, 0.29) is 63.0 Å². The lowest BCUT2D eigenvalue weighted by Gasteiger charge is -2.33. The zero-order valence-corrected chi connectivity index (χ0v) is 21.0. The van der Waals surface area contributed by atoms with Gasteiger partial charge >= 0.3 is 6.18 Å². The zero-order valence-electron chi connectivity index (χ0n) is 21.0. The van der Waals surface area contributed by atoms with Gasteiger partial charge in [0.15, 0.2) is 17.1 Å². The molecule has 4 aromatic rings. The van der Waals surface area contributed by atoms with Crippen molar-refractivity contribution in [1.29, 1.82) is 0 Å². The summed E-state index contributed by atoms with van der Waals surface area (Å²) < 4.78 is 86.0. The Morgan fingerprint density at radius 2 is 1.74 bits per heavy atom. The number of alkyl halides is 3. The minimum Gasteiger partial charge on any atom is -0.474 e. The minimum atomic E-state index is -4.76. The normalized spacial score (nSPS) is 17.2. The molecule has 12 heteroatoms. The van der Waals surface area contributed by atoms with Gasteiger partial charge in [0.25, 0.3) is 0 Å². The molecule has 0 amide bonds. The van der Waals surface area contributed by atoms with E-state index in [1.807, 2.05) is 0 Å². The number of halogens is 5. The number of aromatic amines is 1. The number of benzene rings is 1. The van der Waals surface area contributed by atoms with Crippen molar-refractivity contribution in [3.63, 3.8) is 0 Å². The first kappa shape index (κ1) is 26.5. The molecule has 0 aliphatic heterocycles. The van der Waals surface area contributed by atoms with Crippen LogP contribution in [0.4, 0.5) is 22.0 Å². The van der Waals surface area contributed by atoms with Crippen LogP contribution in [0.3, 0.4) is 0 Å². The second-order valence-electron chi connectivity index (χ2n) is 9.22. The molecular weight excluding hydrogens is 525 g/mol. The molecule has 7 nitrogen and oxygen atoms in total. The highest BCUT2D eigenvalue weighted by Gasteiger charge is 2.36. The fourth-order valence-electron chi connectivity index (χ4n) is 4.47. The molecule has 0 unspecified atom stereocenters. The van der Waals surface area contributed by atoms with Gasteiger partial charge in [0.05, 0.1) is 28.4 Å². The molecule has 0 saturated heterocycles. The predicted octanol–water partition coefficient (Wildman–Crippen LogP) is 6.25. The second-order valence-corrected chi connectivity index (χ2v) is 9.22. The lowest BCUT2D eigenvalue weighted by atomic mass is 9.92. The van der Waals surface area contributed by atoms with Gasteiger partial charge in [-0.1, -0.05) is 0 Å². The maximum Gasteiger partial charge on any atom is 0.418 e. The van der Waals surface area contributed by atoms with Crippen molar-refractivity contribution in [3.05, 3.63) is 75.2 Å². The number of methoxy groups -OCH3 is 1. The Bertz CT molecular complexity index is 1630. The Labute approximate surface area is 218 Å². The predicted molar refractivity (Wildman–Crippen MR) is 131 cm³/mol. The summed E-state index contributed by atoms with van der Waals surface area (Å²) in [4.78, 5) is 24.2. The van der Waals surface area contributed by atoms with Crippen LogP contribution in [0.25, 0.3) is 22.2 Å². The standard InChI is InChI=1S/C27H22F5N3O4/c1-12-16(27(30,31)32)11-34-25(39-21-5-4-17(28)24(29)13(21)2)22(12)19-10-20(36)23-18(35-19)6-7-33-26(23)38-15-8-14(9-15)37-3/h4-7,10-11,14-15H,8-9H2,1-3H3,(H,35,36). The molecule has 1 aliphatic carbocycles. The third-order valence-corrected chi connectivity index (χ3v) is 6.75. The van der Waals surface area contributed by atoms with Gasteiger partial charge in [-0.05, 0) is 37.6 Å². The number of fused-ring (bicyclic) bond motifs is 1. The summed E-state index contributed by atoms with van der Waals surface area (Å²) in [7, 11) is 1.60. The Morgan fingerprint density at radius 1 is 1.00 bits per heavy atom. The van der Waals surface area contributed by atoms with Crippen LogP contribution in [0.2, 0.25) is 0 Å². The highest BCUT2D eigenvalue weighted by Crippen LogP contribution is 2.41. The third kappa shape index (κ3) is 4.91. The summed E-state index contributed by atoms with van der Waals surface area (Å²) in [6.07, 6.45) is -1.64. The number of nitrogens with zero attached hydrogens (tertiary/aromatic N) is 2.